The van der Waals surface area contributed by atoms with Crippen LogP contribution in [0.2, 0.25) is 0 Å². The Morgan fingerprint density at radius 2 is 1.76 bits per heavy atom. The largest absolute Gasteiger partial charge is 0.478 e. The summed E-state index contributed by atoms with van der Waals surface area (Å²) in [4.78, 5) is 22.8. The van der Waals surface area contributed by atoms with Crippen LogP contribution in [0.1, 0.15) is 10.4 Å². The lowest BCUT2D eigenvalue weighted by Gasteiger charge is -2.10. The number of carbonyl (C=O) groups excluding carboxylic acids is 1. The van der Waals surface area contributed by atoms with Gasteiger partial charge >= 0.3 is 12.0 Å². The number of benzene rings is 2. The number of aromatic carboxylic acids is 1. The molecule has 0 atom stereocenters. The summed E-state index contributed by atoms with van der Waals surface area (Å²) in [5, 5.41) is 14.2. The molecule has 7 heteroatoms. The molecule has 0 heterocycles. The Kier molecular flexibility index (Phi) is 4.98. The van der Waals surface area contributed by atoms with Crippen LogP contribution in [0, 0.1) is 0 Å². The summed E-state index contributed by atoms with van der Waals surface area (Å²) in [6.07, 6.45) is 0. The molecule has 0 bridgehead atoms. The lowest BCUT2D eigenvalue weighted by molar-refractivity contribution is 0.0697. The number of carbonyl (C=O) groups is 2. The van der Waals surface area contributed by atoms with Crippen LogP contribution >= 0.6 is 31.9 Å². The van der Waals surface area contributed by atoms with Gasteiger partial charge in [0.15, 0.2) is 0 Å². The summed E-state index contributed by atoms with van der Waals surface area (Å²) in [6, 6.07) is 10.9. The first-order chi connectivity index (χ1) is 9.95. The van der Waals surface area contributed by atoms with Crippen LogP contribution in [0.25, 0.3) is 0 Å². The number of anilines is 2. The van der Waals surface area contributed by atoms with E-state index >= 15 is 0 Å². The molecule has 0 unspecified atom stereocenters. The van der Waals surface area contributed by atoms with Crippen LogP contribution < -0.4 is 10.6 Å². The number of carboxylic acids is 1. The maximum absolute atomic E-state index is 11.9. The standard InChI is InChI=1S/C14H10Br2N2O3/c15-9-4-5-12(11(16)7-9)18-14(21)17-10-3-1-2-8(6-10)13(19)20/h1-7H,(H,19,20)(H2,17,18,21). The molecule has 2 amide bonds. The molecular formula is C14H10Br2N2O3. The third kappa shape index (κ3) is 4.30. The minimum absolute atomic E-state index is 0.109. The molecule has 108 valence electrons. The van der Waals surface area contributed by atoms with Crippen LogP contribution in [-0.2, 0) is 0 Å². The lowest BCUT2D eigenvalue weighted by Crippen LogP contribution is -2.19. The monoisotopic (exact) mass is 412 g/mol. The van der Waals surface area contributed by atoms with Crippen molar-refractivity contribution >= 4 is 55.2 Å². The molecule has 0 aromatic heterocycles. The Labute approximate surface area is 137 Å². The van der Waals surface area contributed by atoms with E-state index in [4.69, 9.17) is 5.11 Å². The summed E-state index contributed by atoms with van der Waals surface area (Å²) < 4.78 is 1.61. The second-order valence-corrected chi connectivity index (χ2v) is 5.86. The Hall–Kier alpha value is -1.86. The molecule has 0 aliphatic heterocycles. The van der Waals surface area contributed by atoms with Crippen molar-refractivity contribution in [3.05, 3.63) is 57.0 Å². The van der Waals surface area contributed by atoms with Gasteiger partial charge in [0, 0.05) is 14.6 Å². The van der Waals surface area contributed by atoms with E-state index in [2.05, 4.69) is 42.5 Å². The first-order valence-electron chi connectivity index (χ1n) is 5.82. The van der Waals surface area contributed by atoms with Gasteiger partial charge in [-0.05, 0) is 52.3 Å². The number of nitrogens with one attached hydrogen (secondary N) is 2. The fraction of sp³-hybridized carbons (Fsp3) is 0. The molecule has 0 aliphatic rings. The summed E-state index contributed by atoms with van der Waals surface area (Å²) in [5.41, 5.74) is 1.11. The first kappa shape index (κ1) is 15.5. The maximum Gasteiger partial charge on any atom is 0.335 e. The minimum Gasteiger partial charge on any atom is -0.478 e. The normalized spacial score (nSPS) is 10.0. The second kappa shape index (κ2) is 6.73. The van der Waals surface area contributed by atoms with E-state index in [9.17, 15) is 9.59 Å². The zero-order chi connectivity index (χ0) is 15.4. The van der Waals surface area contributed by atoms with Gasteiger partial charge in [-0.3, -0.25) is 0 Å². The summed E-state index contributed by atoms with van der Waals surface area (Å²) in [5.74, 6) is -1.05. The van der Waals surface area contributed by atoms with Crippen molar-refractivity contribution in [2.24, 2.45) is 0 Å². The Morgan fingerprint density at radius 1 is 1.00 bits per heavy atom. The van der Waals surface area contributed by atoms with Crippen molar-refractivity contribution in [1.29, 1.82) is 0 Å². The molecule has 0 saturated heterocycles. The molecular weight excluding hydrogens is 404 g/mol. The molecule has 0 fully saturated rings. The van der Waals surface area contributed by atoms with Gasteiger partial charge in [-0.2, -0.15) is 0 Å². The number of carboxylic acid groups (broad SMARTS) is 1. The van der Waals surface area contributed by atoms with E-state index in [1.807, 2.05) is 0 Å². The van der Waals surface area contributed by atoms with E-state index in [0.29, 0.717) is 11.4 Å². The zero-order valence-electron chi connectivity index (χ0n) is 10.6. The molecule has 2 aromatic carbocycles. The Balaban J connectivity index is 2.08. The van der Waals surface area contributed by atoms with Crippen LogP contribution in [-0.4, -0.2) is 17.1 Å². The highest BCUT2D eigenvalue weighted by atomic mass is 79.9. The zero-order valence-corrected chi connectivity index (χ0v) is 13.7. The molecule has 0 saturated carbocycles. The molecule has 0 radical (unpaired) electrons. The predicted molar refractivity (Wildman–Crippen MR) is 87.9 cm³/mol. The van der Waals surface area contributed by atoms with Crippen molar-refractivity contribution in [3.8, 4) is 0 Å². The highest BCUT2D eigenvalue weighted by Crippen LogP contribution is 2.26. The van der Waals surface area contributed by atoms with Gasteiger partial charge in [0.2, 0.25) is 0 Å². The Bertz CT molecular complexity index is 704. The fourth-order valence-corrected chi connectivity index (χ4v) is 2.75. The van der Waals surface area contributed by atoms with Gasteiger partial charge in [0.25, 0.3) is 0 Å². The molecule has 21 heavy (non-hydrogen) atoms. The third-order valence-electron chi connectivity index (χ3n) is 2.55. The van der Waals surface area contributed by atoms with Gasteiger partial charge in [0.1, 0.15) is 0 Å². The highest BCUT2D eigenvalue weighted by Gasteiger charge is 2.08. The van der Waals surface area contributed by atoms with Crippen LogP contribution in [0.3, 0.4) is 0 Å². The average Bonchev–Trinajstić information content (AvgIpc) is 2.42. The van der Waals surface area contributed by atoms with Crippen molar-refractivity contribution in [1.82, 2.24) is 0 Å². The SMILES string of the molecule is O=C(Nc1cccc(C(=O)O)c1)Nc1ccc(Br)cc1Br. The predicted octanol–water partition coefficient (Wildman–Crippen LogP) is 4.55. The van der Waals surface area contributed by atoms with Gasteiger partial charge in [0.05, 0.1) is 11.3 Å². The number of rotatable bonds is 3. The highest BCUT2D eigenvalue weighted by molar-refractivity contribution is 9.11. The summed E-state index contributed by atoms with van der Waals surface area (Å²) in [6.45, 7) is 0. The van der Waals surface area contributed by atoms with E-state index in [1.165, 1.54) is 12.1 Å². The number of hydrogen-bond donors (Lipinski definition) is 3. The van der Waals surface area contributed by atoms with E-state index < -0.39 is 12.0 Å². The second-order valence-electron chi connectivity index (χ2n) is 4.09. The van der Waals surface area contributed by atoms with Crippen molar-refractivity contribution in [3.63, 3.8) is 0 Å². The number of hydrogen-bond acceptors (Lipinski definition) is 2. The van der Waals surface area contributed by atoms with E-state index in [0.717, 1.165) is 8.95 Å². The van der Waals surface area contributed by atoms with Gasteiger partial charge in [-0.15, -0.1) is 0 Å². The first-order valence-corrected chi connectivity index (χ1v) is 7.41. The minimum atomic E-state index is -1.05. The molecule has 2 aromatic rings. The summed E-state index contributed by atoms with van der Waals surface area (Å²) >= 11 is 6.67. The molecule has 0 aliphatic carbocycles. The quantitative estimate of drug-likeness (QED) is 0.690. The molecule has 3 N–H and O–H groups in total. The Morgan fingerprint density at radius 3 is 2.43 bits per heavy atom. The topological polar surface area (TPSA) is 78.4 Å². The van der Waals surface area contributed by atoms with Gasteiger partial charge in [-0.1, -0.05) is 22.0 Å². The fourth-order valence-electron chi connectivity index (χ4n) is 1.61. The summed E-state index contributed by atoms with van der Waals surface area (Å²) in [7, 11) is 0. The van der Waals surface area contributed by atoms with Crippen LogP contribution in [0.15, 0.2) is 51.4 Å². The van der Waals surface area contributed by atoms with Crippen molar-refractivity contribution in [2.75, 3.05) is 10.6 Å². The van der Waals surface area contributed by atoms with Crippen molar-refractivity contribution in [2.45, 2.75) is 0 Å². The maximum atomic E-state index is 11.9. The molecule has 5 nitrogen and oxygen atoms in total. The number of amides is 2. The number of urea groups is 1. The number of halogens is 2. The average molecular weight is 414 g/mol. The van der Waals surface area contributed by atoms with Gasteiger partial charge in [-0.25, -0.2) is 9.59 Å². The van der Waals surface area contributed by atoms with E-state index in [-0.39, 0.29) is 5.56 Å². The van der Waals surface area contributed by atoms with Crippen LogP contribution in [0.5, 0.6) is 0 Å². The van der Waals surface area contributed by atoms with E-state index in [1.54, 1.807) is 30.3 Å². The van der Waals surface area contributed by atoms with Gasteiger partial charge < -0.3 is 15.7 Å². The lowest BCUT2D eigenvalue weighted by atomic mass is 10.2. The molecule has 0 spiro atoms. The smallest absolute Gasteiger partial charge is 0.335 e. The van der Waals surface area contributed by atoms with Crippen LogP contribution in [0.4, 0.5) is 16.2 Å². The molecule has 2 rings (SSSR count). The third-order valence-corrected chi connectivity index (χ3v) is 3.70. The van der Waals surface area contributed by atoms with Crippen molar-refractivity contribution < 1.29 is 14.7 Å².